The normalized spacial score (nSPS) is 10.2. The van der Waals surface area contributed by atoms with E-state index in [1.807, 2.05) is 31.2 Å². The predicted molar refractivity (Wildman–Crippen MR) is 75.9 cm³/mol. The Labute approximate surface area is 115 Å². The monoisotopic (exact) mass is 307 g/mol. The summed E-state index contributed by atoms with van der Waals surface area (Å²) in [5, 5.41) is 3.17. The van der Waals surface area contributed by atoms with Gasteiger partial charge in [0.1, 0.15) is 11.6 Å². The van der Waals surface area contributed by atoms with Crippen LogP contribution in [-0.2, 0) is 0 Å². The fourth-order valence-corrected chi connectivity index (χ4v) is 2.12. The van der Waals surface area contributed by atoms with Gasteiger partial charge in [0, 0.05) is 18.3 Å². The molecular formula is C13H14BrN3O. The summed E-state index contributed by atoms with van der Waals surface area (Å²) < 4.78 is 6.09. The van der Waals surface area contributed by atoms with Gasteiger partial charge >= 0.3 is 0 Å². The number of benzene rings is 1. The number of ether oxygens (including phenoxy) is 1. The average molecular weight is 308 g/mol. The minimum Gasteiger partial charge on any atom is -0.496 e. The third-order valence-corrected chi connectivity index (χ3v) is 3.04. The van der Waals surface area contributed by atoms with Gasteiger partial charge in [0.25, 0.3) is 0 Å². The van der Waals surface area contributed by atoms with Crippen LogP contribution >= 0.6 is 15.9 Å². The topological polar surface area (TPSA) is 47.0 Å². The summed E-state index contributed by atoms with van der Waals surface area (Å²) in [6.07, 6.45) is 1.75. The first kappa shape index (κ1) is 12.8. The van der Waals surface area contributed by atoms with Gasteiger partial charge in [0.2, 0.25) is 0 Å². The minimum absolute atomic E-state index is 0.691. The van der Waals surface area contributed by atoms with Crippen LogP contribution in [-0.4, -0.2) is 23.6 Å². The largest absolute Gasteiger partial charge is 0.496 e. The number of nitrogens with zero attached hydrogens (tertiary/aromatic N) is 2. The summed E-state index contributed by atoms with van der Waals surface area (Å²) in [4.78, 5) is 8.72. The van der Waals surface area contributed by atoms with Gasteiger partial charge in [0.05, 0.1) is 11.6 Å². The van der Waals surface area contributed by atoms with Crippen molar-refractivity contribution < 1.29 is 4.74 Å². The minimum atomic E-state index is 0.691. The van der Waals surface area contributed by atoms with Crippen LogP contribution in [0.2, 0.25) is 0 Å². The fourth-order valence-electron chi connectivity index (χ4n) is 1.58. The molecule has 1 N–H and O–H groups in total. The van der Waals surface area contributed by atoms with Crippen molar-refractivity contribution >= 4 is 21.7 Å². The van der Waals surface area contributed by atoms with Gasteiger partial charge in [-0.3, -0.25) is 0 Å². The quantitative estimate of drug-likeness (QED) is 0.941. The molecule has 0 fully saturated rings. The average Bonchev–Trinajstić information content (AvgIpc) is 2.39. The molecule has 2 aromatic rings. The number of rotatable bonds is 4. The Morgan fingerprint density at radius 1 is 1.33 bits per heavy atom. The van der Waals surface area contributed by atoms with Crippen LogP contribution in [0.15, 0.2) is 34.9 Å². The van der Waals surface area contributed by atoms with E-state index in [2.05, 4.69) is 31.2 Å². The molecule has 0 amide bonds. The zero-order chi connectivity index (χ0) is 13.0. The van der Waals surface area contributed by atoms with Gasteiger partial charge in [-0.2, -0.15) is 0 Å². The van der Waals surface area contributed by atoms with E-state index in [9.17, 15) is 0 Å². The van der Waals surface area contributed by atoms with Crippen LogP contribution < -0.4 is 10.1 Å². The van der Waals surface area contributed by atoms with Gasteiger partial charge in [-0.05, 0) is 47.1 Å². The van der Waals surface area contributed by atoms with E-state index >= 15 is 0 Å². The number of hydrogen-bond donors (Lipinski definition) is 1. The van der Waals surface area contributed by atoms with Crippen LogP contribution in [0.5, 0.6) is 5.75 Å². The van der Waals surface area contributed by atoms with E-state index < -0.39 is 0 Å². The molecule has 0 bridgehead atoms. The lowest BCUT2D eigenvalue weighted by atomic mass is 10.2. The van der Waals surface area contributed by atoms with Crippen molar-refractivity contribution in [2.45, 2.75) is 6.92 Å². The van der Waals surface area contributed by atoms with E-state index in [1.54, 1.807) is 13.3 Å². The first-order chi connectivity index (χ1) is 8.74. The first-order valence-corrected chi connectivity index (χ1v) is 6.44. The summed E-state index contributed by atoms with van der Waals surface area (Å²) in [5.41, 5.74) is 0.947. The van der Waals surface area contributed by atoms with Crippen LogP contribution in [0.1, 0.15) is 6.92 Å². The Kier molecular flexibility index (Phi) is 4.15. The smallest absolute Gasteiger partial charge is 0.161 e. The van der Waals surface area contributed by atoms with Crippen LogP contribution in [0.4, 0.5) is 5.82 Å². The number of hydrogen-bond acceptors (Lipinski definition) is 4. The number of nitrogens with one attached hydrogen (secondary N) is 1. The predicted octanol–water partition coefficient (Wildman–Crippen LogP) is 3.35. The number of aromatic nitrogens is 2. The lowest BCUT2D eigenvalue weighted by Gasteiger charge is -2.07. The van der Waals surface area contributed by atoms with Crippen molar-refractivity contribution in [2.24, 2.45) is 0 Å². The Morgan fingerprint density at radius 2 is 2.17 bits per heavy atom. The van der Waals surface area contributed by atoms with E-state index in [0.29, 0.717) is 5.82 Å². The van der Waals surface area contributed by atoms with Crippen molar-refractivity contribution in [1.82, 2.24) is 9.97 Å². The van der Waals surface area contributed by atoms with E-state index in [1.165, 1.54) is 0 Å². The Hall–Kier alpha value is -1.62. The van der Waals surface area contributed by atoms with E-state index in [0.717, 1.165) is 28.1 Å². The van der Waals surface area contributed by atoms with Crippen molar-refractivity contribution in [2.75, 3.05) is 19.0 Å². The molecule has 0 aliphatic rings. The summed E-state index contributed by atoms with van der Waals surface area (Å²) in [7, 11) is 1.64. The maximum Gasteiger partial charge on any atom is 0.161 e. The molecule has 0 aliphatic heterocycles. The Morgan fingerprint density at radius 3 is 2.83 bits per heavy atom. The molecule has 1 heterocycles. The highest BCUT2D eigenvalue weighted by Crippen LogP contribution is 2.29. The molecule has 0 unspecified atom stereocenters. The molecule has 4 nitrogen and oxygen atoms in total. The lowest BCUT2D eigenvalue weighted by Crippen LogP contribution is -2.00. The second kappa shape index (κ2) is 5.82. The first-order valence-electron chi connectivity index (χ1n) is 5.65. The number of anilines is 1. The maximum atomic E-state index is 5.20. The third-order valence-electron chi connectivity index (χ3n) is 2.42. The van der Waals surface area contributed by atoms with Crippen molar-refractivity contribution in [3.63, 3.8) is 0 Å². The second-order valence-corrected chi connectivity index (χ2v) is 4.50. The molecule has 0 spiro atoms. The molecular weight excluding hydrogens is 294 g/mol. The molecule has 5 heteroatoms. The molecule has 0 radical (unpaired) electrons. The molecule has 0 atom stereocenters. The van der Waals surface area contributed by atoms with Gasteiger partial charge in [-0.25, -0.2) is 9.97 Å². The summed E-state index contributed by atoms with van der Waals surface area (Å²) in [6.45, 7) is 2.87. The van der Waals surface area contributed by atoms with Gasteiger partial charge in [-0.15, -0.1) is 0 Å². The maximum absolute atomic E-state index is 5.20. The second-order valence-electron chi connectivity index (χ2n) is 3.65. The van der Waals surface area contributed by atoms with Gasteiger partial charge in [0.15, 0.2) is 5.82 Å². The standard InChI is InChI=1S/C13H14BrN3O/c1-3-15-12-6-7-16-13(17-12)9-4-5-11(18-2)10(14)8-9/h4-8H,3H2,1-2H3,(H,15,16,17). The molecule has 94 valence electrons. The van der Waals surface area contributed by atoms with Gasteiger partial charge < -0.3 is 10.1 Å². The van der Waals surface area contributed by atoms with Gasteiger partial charge in [-0.1, -0.05) is 0 Å². The number of halogens is 1. The molecule has 18 heavy (non-hydrogen) atoms. The number of methoxy groups -OCH3 is 1. The summed E-state index contributed by atoms with van der Waals surface area (Å²) in [6, 6.07) is 7.63. The zero-order valence-corrected chi connectivity index (χ0v) is 11.9. The van der Waals surface area contributed by atoms with Crippen molar-refractivity contribution in [1.29, 1.82) is 0 Å². The fraction of sp³-hybridized carbons (Fsp3) is 0.231. The highest BCUT2D eigenvalue weighted by molar-refractivity contribution is 9.10. The molecule has 0 saturated carbocycles. The lowest BCUT2D eigenvalue weighted by molar-refractivity contribution is 0.412. The SMILES string of the molecule is CCNc1ccnc(-c2ccc(OC)c(Br)c2)n1. The molecule has 0 aliphatic carbocycles. The van der Waals surface area contributed by atoms with E-state index in [4.69, 9.17) is 4.74 Å². The van der Waals surface area contributed by atoms with Crippen molar-refractivity contribution in [3.05, 3.63) is 34.9 Å². The Balaban J connectivity index is 2.36. The third kappa shape index (κ3) is 2.79. The van der Waals surface area contributed by atoms with Crippen LogP contribution in [0.25, 0.3) is 11.4 Å². The highest BCUT2D eigenvalue weighted by atomic mass is 79.9. The van der Waals surface area contributed by atoms with Crippen LogP contribution in [0, 0.1) is 0 Å². The summed E-state index contributed by atoms with van der Waals surface area (Å²) >= 11 is 3.46. The zero-order valence-electron chi connectivity index (χ0n) is 10.3. The molecule has 2 rings (SSSR count). The Bertz CT molecular complexity index is 546. The summed E-state index contributed by atoms with van der Waals surface area (Å²) in [5.74, 6) is 2.31. The van der Waals surface area contributed by atoms with Crippen LogP contribution in [0.3, 0.4) is 0 Å². The van der Waals surface area contributed by atoms with Crippen molar-refractivity contribution in [3.8, 4) is 17.1 Å². The molecule has 0 saturated heterocycles. The highest BCUT2D eigenvalue weighted by Gasteiger charge is 2.06. The molecule has 1 aromatic carbocycles. The van der Waals surface area contributed by atoms with E-state index in [-0.39, 0.29) is 0 Å². The molecule has 1 aromatic heterocycles.